The quantitative estimate of drug-likeness (QED) is 0.433. The van der Waals surface area contributed by atoms with Gasteiger partial charge < -0.3 is 4.98 Å². The number of nitrogens with zero attached hydrogens (tertiary/aromatic N) is 2. The number of H-pyrrole nitrogens is 1. The Morgan fingerprint density at radius 1 is 1.08 bits per heavy atom. The fourth-order valence-corrected chi connectivity index (χ4v) is 4.75. The van der Waals surface area contributed by atoms with Crippen LogP contribution < -0.4 is 4.57 Å². The standard InChI is InChI=1S/C22H21BrN3/c1-14(2)22-25-12-11-16-15-7-3-5-9-18(15)24-21(16)20(25)13-26(22)19-10-6-4-8-17(19)23/h3-10,13-14,24H,11-12H2,1-2H3/q+1. The van der Waals surface area contributed by atoms with E-state index in [1.165, 1.54) is 39.4 Å². The number of hydrogen-bond donors (Lipinski definition) is 1. The molecule has 0 spiro atoms. The minimum absolute atomic E-state index is 0.432. The van der Waals surface area contributed by atoms with Gasteiger partial charge in [-0.3, -0.25) is 0 Å². The number of aryl methyl sites for hydroxylation is 1. The molecule has 2 aromatic carbocycles. The Morgan fingerprint density at radius 2 is 1.85 bits per heavy atom. The lowest BCUT2D eigenvalue weighted by atomic mass is 10.0. The number of rotatable bonds is 2. The third-order valence-corrected chi connectivity index (χ3v) is 6.02. The van der Waals surface area contributed by atoms with Gasteiger partial charge in [0.05, 0.1) is 22.6 Å². The van der Waals surface area contributed by atoms with Crippen molar-refractivity contribution in [2.45, 2.75) is 32.7 Å². The Bertz CT molecular complexity index is 1130. The molecular formula is C22H21BrN3+. The van der Waals surface area contributed by atoms with Gasteiger partial charge in [-0.15, -0.1) is 0 Å². The number of nitrogens with one attached hydrogen (secondary N) is 1. The molecule has 26 heavy (non-hydrogen) atoms. The maximum Gasteiger partial charge on any atom is 0.264 e. The lowest BCUT2D eigenvalue weighted by molar-refractivity contribution is -0.606. The van der Waals surface area contributed by atoms with E-state index in [1.54, 1.807) is 0 Å². The van der Waals surface area contributed by atoms with E-state index in [4.69, 9.17) is 0 Å². The zero-order valence-corrected chi connectivity index (χ0v) is 16.5. The number of aromatic nitrogens is 3. The lowest BCUT2D eigenvalue weighted by Gasteiger charge is -2.13. The van der Waals surface area contributed by atoms with Gasteiger partial charge in [0.1, 0.15) is 11.9 Å². The minimum atomic E-state index is 0.432. The zero-order chi connectivity index (χ0) is 17.8. The van der Waals surface area contributed by atoms with Crippen LogP contribution in [-0.4, -0.2) is 9.55 Å². The summed E-state index contributed by atoms with van der Waals surface area (Å²) in [6, 6.07) is 17.1. The number of aromatic amines is 1. The molecule has 0 bridgehead atoms. The third-order valence-electron chi connectivity index (χ3n) is 5.35. The van der Waals surface area contributed by atoms with E-state index in [0.29, 0.717) is 5.92 Å². The van der Waals surface area contributed by atoms with E-state index in [-0.39, 0.29) is 0 Å². The van der Waals surface area contributed by atoms with Crippen molar-refractivity contribution in [1.82, 2.24) is 9.55 Å². The Kier molecular flexibility index (Phi) is 3.57. The number of hydrogen-bond acceptors (Lipinski definition) is 0. The van der Waals surface area contributed by atoms with Crippen molar-refractivity contribution in [2.24, 2.45) is 0 Å². The summed E-state index contributed by atoms with van der Waals surface area (Å²) in [4.78, 5) is 3.67. The van der Waals surface area contributed by atoms with E-state index in [9.17, 15) is 0 Å². The summed E-state index contributed by atoms with van der Waals surface area (Å²) in [5, 5.41) is 1.36. The second kappa shape index (κ2) is 5.85. The molecule has 2 aromatic heterocycles. The predicted octanol–water partition coefficient (Wildman–Crippen LogP) is 5.36. The number of fused-ring (bicyclic) bond motifs is 5. The lowest BCUT2D eigenvalue weighted by Crippen LogP contribution is -2.35. The summed E-state index contributed by atoms with van der Waals surface area (Å²) in [5.74, 6) is 1.78. The van der Waals surface area contributed by atoms with Crippen LogP contribution in [0.3, 0.4) is 0 Å². The average molecular weight is 407 g/mol. The Labute approximate surface area is 161 Å². The number of halogens is 1. The van der Waals surface area contributed by atoms with Gasteiger partial charge in [-0.2, -0.15) is 4.57 Å². The van der Waals surface area contributed by atoms with E-state index >= 15 is 0 Å². The van der Waals surface area contributed by atoms with Gasteiger partial charge in [-0.25, -0.2) is 4.57 Å². The minimum Gasteiger partial charge on any atom is -0.351 e. The van der Waals surface area contributed by atoms with Crippen LogP contribution in [0.4, 0.5) is 0 Å². The van der Waals surface area contributed by atoms with Crippen LogP contribution in [0.25, 0.3) is 28.0 Å². The molecule has 0 radical (unpaired) electrons. The van der Waals surface area contributed by atoms with Crippen LogP contribution in [-0.2, 0) is 13.0 Å². The molecule has 0 saturated heterocycles. The van der Waals surface area contributed by atoms with Crippen molar-refractivity contribution < 1.29 is 4.57 Å². The fraction of sp³-hybridized carbons (Fsp3) is 0.227. The fourth-order valence-electron chi connectivity index (χ4n) is 4.28. The van der Waals surface area contributed by atoms with Crippen molar-refractivity contribution in [3.8, 4) is 17.1 Å². The highest BCUT2D eigenvalue weighted by Crippen LogP contribution is 2.36. The van der Waals surface area contributed by atoms with Crippen LogP contribution in [0.1, 0.15) is 31.2 Å². The van der Waals surface area contributed by atoms with Gasteiger partial charge in [0.25, 0.3) is 5.82 Å². The van der Waals surface area contributed by atoms with Crippen LogP contribution in [0.2, 0.25) is 0 Å². The monoisotopic (exact) mass is 406 g/mol. The Hall–Kier alpha value is -2.33. The van der Waals surface area contributed by atoms with Crippen LogP contribution in [0.15, 0.2) is 59.2 Å². The maximum atomic E-state index is 3.73. The summed E-state index contributed by atoms with van der Waals surface area (Å²) in [5.41, 5.74) is 6.41. The van der Waals surface area contributed by atoms with Crippen molar-refractivity contribution >= 4 is 26.8 Å². The third kappa shape index (κ3) is 2.21. The van der Waals surface area contributed by atoms with Crippen LogP contribution in [0.5, 0.6) is 0 Å². The van der Waals surface area contributed by atoms with Gasteiger partial charge in [0.2, 0.25) is 0 Å². The molecule has 0 amide bonds. The molecule has 0 aliphatic carbocycles. The first kappa shape index (κ1) is 15.9. The van der Waals surface area contributed by atoms with Gasteiger partial charge in [-0.05, 0) is 39.7 Å². The summed E-state index contributed by atoms with van der Waals surface area (Å²) in [6.07, 6.45) is 3.36. The predicted molar refractivity (Wildman–Crippen MR) is 109 cm³/mol. The highest BCUT2D eigenvalue weighted by atomic mass is 79.9. The van der Waals surface area contributed by atoms with E-state index < -0.39 is 0 Å². The molecule has 4 heteroatoms. The number of benzene rings is 2. The molecule has 0 fully saturated rings. The second-order valence-electron chi connectivity index (χ2n) is 7.27. The summed E-state index contributed by atoms with van der Waals surface area (Å²) in [7, 11) is 0. The summed E-state index contributed by atoms with van der Waals surface area (Å²) < 4.78 is 5.96. The molecule has 130 valence electrons. The molecule has 1 N–H and O–H groups in total. The van der Waals surface area contributed by atoms with Crippen molar-refractivity contribution in [2.75, 3.05) is 0 Å². The van der Waals surface area contributed by atoms with Crippen molar-refractivity contribution in [3.63, 3.8) is 0 Å². The van der Waals surface area contributed by atoms with Gasteiger partial charge >= 0.3 is 0 Å². The smallest absolute Gasteiger partial charge is 0.264 e. The molecule has 0 saturated carbocycles. The van der Waals surface area contributed by atoms with Gasteiger partial charge in [-0.1, -0.05) is 44.2 Å². The molecule has 3 heterocycles. The zero-order valence-electron chi connectivity index (χ0n) is 15.0. The summed E-state index contributed by atoms with van der Waals surface area (Å²) >= 11 is 3.73. The Balaban J connectivity index is 1.81. The topological polar surface area (TPSA) is 24.6 Å². The number of para-hydroxylation sites is 2. The molecule has 3 nitrogen and oxygen atoms in total. The van der Waals surface area contributed by atoms with Crippen molar-refractivity contribution in [1.29, 1.82) is 0 Å². The normalized spacial score (nSPS) is 13.2. The van der Waals surface area contributed by atoms with E-state index in [2.05, 4.69) is 98.6 Å². The number of imidazole rings is 1. The second-order valence-corrected chi connectivity index (χ2v) is 8.13. The first-order valence-corrected chi connectivity index (χ1v) is 9.94. The molecular weight excluding hydrogens is 386 g/mol. The molecule has 0 unspecified atom stereocenters. The van der Waals surface area contributed by atoms with Crippen LogP contribution in [0, 0.1) is 0 Å². The van der Waals surface area contributed by atoms with Gasteiger partial charge in [0, 0.05) is 17.3 Å². The maximum absolute atomic E-state index is 3.73. The molecule has 0 atom stereocenters. The molecule has 1 aliphatic rings. The first-order chi connectivity index (χ1) is 12.6. The summed E-state index contributed by atoms with van der Waals surface area (Å²) in [6.45, 7) is 5.57. The van der Waals surface area contributed by atoms with E-state index in [0.717, 1.165) is 17.4 Å². The van der Waals surface area contributed by atoms with Gasteiger partial charge in [0.15, 0.2) is 5.69 Å². The highest BCUT2D eigenvalue weighted by molar-refractivity contribution is 9.10. The highest BCUT2D eigenvalue weighted by Gasteiger charge is 2.33. The molecule has 5 rings (SSSR count). The first-order valence-electron chi connectivity index (χ1n) is 9.15. The van der Waals surface area contributed by atoms with E-state index in [1.807, 2.05) is 0 Å². The Morgan fingerprint density at radius 3 is 2.65 bits per heavy atom. The average Bonchev–Trinajstić information content (AvgIpc) is 3.20. The van der Waals surface area contributed by atoms with Crippen molar-refractivity contribution in [3.05, 3.63) is 70.6 Å². The molecule has 4 aromatic rings. The van der Waals surface area contributed by atoms with Crippen LogP contribution >= 0.6 is 15.9 Å². The largest absolute Gasteiger partial charge is 0.351 e. The molecule has 1 aliphatic heterocycles. The SMILES string of the molecule is CC(C)c1n2c(c[n+]1-c1ccccc1Br)-c1[nH]c3ccccc3c1CC2.